The van der Waals surface area contributed by atoms with Gasteiger partial charge in [0.1, 0.15) is 5.84 Å². The van der Waals surface area contributed by atoms with E-state index < -0.39 is 0 Å². The number of nitrogens with zero attached hydrogens (tertiary/aromatic N) is 3. The molecule has 0 aliphatic carbocycles. The summed E-state index contributed by atoms with van der Waals surface area (Å²) < 4.78 is 0. The van der Waals surface area contributed by atoms with Crippen LogP contribution in [0.3, 0.4) is 0 Å². The smallest absolute Gasteiger partial charge is 0.162 e. The summed E-state index contributed by atoms with van der Waals surface area (Å²) in [5.74, 6) is 1.28. The molecule has 0 aliphatic heterocycles. The molecular formula is C18H20N4. The van der Waals surface area contributed by atoms with Gasteiger partial charge >= 0.3 is 0 Å². The van der Waals surface area contributed by atoms with Crippen molar-refractivity contribution < 1.29 is 0 Å². The maximum absolute atomic E-state index is 5.44. The van der Waals surface area contributed by atoms with Crippen molar-refractivity contribution in [1.82, 2.24) is 0 Å². The highest BCUT2D eigenvalue weighted by molar-refractivity contribution is 6.09. The summed E-state index contributed by atoms with van der Waals surface area (Å²) in [6.45, 7) is 4.07. The fourth-order valence-corrected chi connectivity index (χ4v) is 1.90. The third-order valence-electron chi connectivity index (χ3n) is 3.07. The van der Waals surface area contributed by atoms with E-state index in [1.165, 1.54) is 11.9 Å². The first-order chi connectivity index (χ1) is 10.7. The highest BCUT2D eigenvalue weighted by atomic mass is 15.0. The van der Waals surface area contributed by atoms with E-state index in [0.29, 0.717) is 18.1 Å². The Kier molecular flexibility index (Phi) is 5.60. The third-order valence-corrected chi connectivity index (χ3v) is 3.07. The van der Waals surface area contributed by atoms with Crippen LogP contribution in [0.15, 0.2) is 69.6 Å². The van der Waals surface area contributed by atoms with Crippen molar-refractivity contribution in [3.63, 3.8) is 0 Å². The van der Waals surface area contributed by atoms with Crippen LogP contribution in [-0.2, 0) is 0 Å². The molecule has 0 heterocycles. The Bertz CT molecular complexity index is 683. The summed E-state index contributed by atoms with van der Waals surface area (Å²) in [5, 5.41) is 0. The number of amidine groups is 2. The van der Waals surface area contributed by atoms with E-state index in [9.17, 15) is 0 Å². The molecule has 0 unspecified atom stereocenters. The number of rotatable bonds is 3. The summed E-state index contributed by atoms with van der Waals surface area (Å²) >= 11 is 0. The Morgan fingerprint density at radius 2 is 1.73 bits per heavy atom. The molecule has 0 saturated heterocycles. The molecule has 2 aromatic carbocycles. The van der Waals surface area contributed by atoms with Crippen molar-refractivity contribution in [3.05, 3.63) is 65.7 Å². The number of benzene rings is 2. The standard InChI is InChI=1S/C18H20N4/c1-3-17(21-16-11-9-14(2)10-12-16)22-18(20-13-19)15-7-5-4-6-8-15/h4-13H,3H2,1-2H3,(H2,19,20,21,22). The predicted molar refractivity (Wildman–Crippen MR) is 94.2 cm³/mol. The summed E-state index contributed by atoms with van der Waals surface area (Å²) in [4.78, 5) is 13.3. The van der Waals surface area contributed by atoms with Crippen molar-refractivity contribution in [2.75, 3.05) is 0 Å². The molecule has 0 radical (unpaired) electrons. The predicted octanol–water partition coefficient (Wildman–Crippen LogP) is 3.87. The van der Waals surface area contributed by atoms with Crippen LogP contribution < -0.4 is 5.73 Å². The molecule has 0 fully saturated rings. The Hall–Kier alpha value is -2.75. The number of hydrogen-bond acceptors (Lipinski definition) is 1. The lowest BCUT2D eigenvalue weighted by molar-refractivity contribution is 1.23. The summed E-state index contributed by atoms with van der Waals surface area (Å²) in [6, 6.07) is 17.8. The second kappa shape index (κ2) is 7.88. The average Bonchev–Trinajstić information content (AvgIpc) is 2.56. The second-order valence-electron chi connectivity index (χ2n) is 4.80. The molecule has 0 bridgehead atoms. The first-order valence-corrected chi connectivity index (χ1v) is 7.25. The highest BCUT2D eigenvalue weighted by Gasteiger charge is 2.03. The van der Waals surface area contributed by atoms with Gasteiger partial charge in [-0.05, 0) is 19.1 Å². The minimum Gasteiger partial charge on any atom is -0.390 e. The maximum Gasteiger partial charge on any atom is 0.162 e. The van der Waals surface area contributed by atoms with Gasteiger partial charge in [-0.2, -0.15) is 0 Å². The quantitative estimate of drug-likeness (QED) is 0.677. The van der Waals surface area contributed by atoms with E-state index >= 15 is 0 Å². The Morgan fingerprint density at radius 1 is 1.05 bits per heavy atom. The zero-order chi connectivity index (χ0) is 15.8. The normalized spacial score (nSPS) is 12.8. The Labute approximate surface area is 131 Å². The Morgan fingerprint density at radius 3 is 2.32 bits per heavy atom. The molecule has 0 amide bonds. The number of aliphatic imine (C=N–C) groups is 3. The number of nitrogens with two attached hydrogens (primary N) is 1. The van der Waals surface area contributed by atoms with Gasteiger partial charge in [-0.15, -0.1) is 0 Å². The number of aryl methyl sites for hydroxylation is 1. The lowest BCUT2D eigenvalue weighted by atomic mass is 10.2. The van der Waals surface area contributed by atoms with Gasteiger partial charge < -0.3 is 5.73 Å². The summed E-state index contributed by atoms with van der Waals surface area (Å²) in [6.07, 6.45) is 1.97. The van der Waals surface area contributed by atoms with Crippen LogP contribution in [0.25, 0.3) is 0 Å². The minimum atomic E-state index is 0.566. The zero-order valence-electron chi connectivity index (χ0n) is 12.9. The molecule has 2 aromatic rings. The monoisotopic (exact) mass is 292 g/mol. The lowest BCUT2D eigenvalue weighted by Crippen LogP contribution is -2.05. The van der Waals surface area contributed by atoms with Gasteiger partial charge in [-0.25, -0.2) is 15.0 Å². The van der Waals surface area contributed by atoms with E-state index in [4.69, 9.17) is 5.73 Å². The van der Waals surface area contributed by atoms with Crippen LogP contribution in [-0.4, -0.2) is 18.0 Å². The molecule has 22 heavy (non-hydrogen) atoms. The first kappa shape index (κ1) is 15.6. The summed E-state index contributed by atoms with van der Waals surface area (Å²) in [5.41, 5.74) is 8.44. The van der Waals surface area contributed by atoms with Crippen LogP contribution in [0, 0.1) is 6.92 Å². The van der Waals surface area contributed by atoms with E-state index in [2.05, 4.69) is 21.9 Å². The van der Waals surface area contributed by atoms with Gasteiger partial charge in [0.25, 0.3) is 0 Å². The number of hydrogen-bond donors (Lipinski definition) is 1. The fraction of sp³-hybridized carbons (Fsp3) is 0.167. The van der Waals surface area contributed by atoms with Crippen LogP contribution in [0.1, 0.15) is 24.5 Å². The molecule has 2 N–H and O–H groups in total. The molecular weight excluding hydrogens is 272 g/mol. The minimum absolute atomic E-state index is 0.566. The molecule has 0 atom stereocenters. The largest absolute Gasteiger partial charge is 0.390 e. The molecule has 0 aromatic heterocycles. The third kappa shape index (κ3) is 4.38. The van der Waals surface area contributed by atoms with Gasteiger partial charge in [0, 0.05) is 12.0 Å². The fourth-order valence-electron chi connectivity index (χ4n) is 1.90. The van der Waals surface area contributed by atoms with Crippen molar-refractivity contribution in [2.45, 2.75) is 20.3 Å². The molecule has 2 rings (SSSR count). The zero-order valence-corrected chi connectivity index (χ0v) is 12.9. The van der Waals surface area contributed by atoms with Crippen molar-refractivity contribution in [2.24, 2.45) is 20.7 Å². The van der Waals surface area contributed by atoms with E-state index in [0.717, 1.165) is 11.3 Å². The second-order valence-corrected chi connectivity index (χ2v) is 4.80. The SMILES string of the molecule is CCC(=Nc1ccc(C)cc1)N=C(N=CN)c1ccccc1. The van der Waals surface area contributed by atoms with Crippen LogP contribution in [0.4, 0.5) is 5.69 Å². The van der Waals surface area contributed by atoms with Crippen molar-refractivity contribution in [1.29, 1.82) is 0 Å². The van der Waals surface area contributed by atoms with Gasteiger partial charge in [0.2, 0.25) is 0 Å². The Balaban J connectivity index is 2.37. The van der Waals surface area contributed by atoms with Crippen molar-refractivity contribution >= 4 is 23.7 Å². The average molecular weight is 292 g/mol. The molecule has 4 heteroatoms. The summed E-state index contributed by atoms with van der Waals surface area (Å²) in [7, 11) is 0. The van der Waals surface area contributed by atoms with Gasteiger partial charge in [-0.3, -0.25) is 0 Å². The van der Waals surface area contributed by atoms with Crippen LogP contribution in [0.2, 0.25) is 0 Å². The van der Waals surface area contributed by atoms with Crippen molar-refractivity contribution in [3.8, 4) is 0 Å². The van der Waals surface area contributed by atoms with Gasteiger partial charge in [-0.1, -0.05) is 55.0 Å². The molecule has 0 spiro atoms. The van der Waals surface area contributed by atoms with Gasteiger partial charge in [0.05, 0.1) is 12.0 Å². The first-order valence-electron chi connectivity index (χ1n) is 7.25. The lowest BCUT2D eigenvalue weighted by Gasteiger charge is -2.03. The van der Waals surface area contributed by atoms with Gasteiger partial charge in [0.15, 0.2) is 5.84 Å². The van der Waals surface area contributed by atoms with E-state index in [1.807, 2.05) is 61.5 Å². The molecule has 0 aliphatic rings. The van der Waals surface area contributed by atoms with E-state index in [1.54, 1.807) is 0 Å². The molecule has 0 saturated carbocycles. The van der Waals surface area contributed by atoms with Crippen LogP contribution in [0.5, 0.6) is 0 Å². The highest BCUT2D eigenvalue weighted by Crippen LogP contribution is 2.14. The molecule has 112 valence electrons. The topological polar surface area (TPSA) is 63.1 Å². The van der Waals surface area contributed by atoms with E-state index in [-0.39, 0.29) is 0 Å². The van der Waals surface area contributed by atoms with Crippen LogP contribution >= 0.6 is 0 Å². The maximum atomic E-state index is 5.44. The molecule has 4 nitrogen and oxygen atoms in total.